The number of hydrogen-bond acceptors (Lipinski definition) is 1. The second kappa shape index (κ2) is 2.82. The monoisotopic (exact) mass is 128 g/mol. The third-order valence-electron chi connectivity index (χ3n) is 1.52. The van der Waals surface area contributed by atoms with Gasteiger partial charge in [-0.1, -0.05) is 0 Å². The summed E-state index contributed by atoms with van der Waals surface area (Å²) in [7, 11) is 0. The van der Waals surface area contributed by atoms with Gasteiger partial charge in [0.2, 0.25) is 5.91 Å². The lowest BCUT2D eigenvalue weighted by atomic mass is 10.1. The van der Waals surface area contributed by atoms with E-state index in [9.17, 15) is 9.90 Å². The van der Waals surface area contributed by atoms with E-state index in [0.717, 1.165) is 12.8 Å². The zero-order chi connectivity index (χ0) is 6.69. The Balaban J connectivity index is 2.32. The molecule has 51 valence electrons. The highest BCUT2D eigenvalue weighted by Gasteiger charge is 2.16. The third kappa shape index (κ3) is 1.68. The molecule has 1 radical (unpaired) electrons. The molecule has 1 unspecified atom stereocenters. The number of carbonyl (C=O) groups is 1. The van der Waals surface area contributed by atoms with E-state index in [1.54, 1.807) is 0 Å². The second-order valence-electron chi connectivity index (χ2n) is 2.32. The molecule has 1 amide bonds. The summed E-state index contributed by atoms with van der Waals surface area (Å²) in [5.74, 6) is 0.0297. The molecule has 9 heavy (non-hydrogen) atoms. The Morgan fingerprint density at radius 2 is 2.44 bits per heavy atom. The van der Waals surface area contributed by atoms with Crippen molar-refractivity contribution < 1.29 is 9.90 Å². The van der Waals surface area contributed by atoms with E-state index in [0.29, 0.717) is 6.42 Å². The predicted molar refractivity (Wildman–Crippen MR) is 31.3 cm³/mol. The standard InChI is InChI=1S/C6H10NO2/c8-4-5-2-1-3-6(9)7-5/h5H,1-4H2,(H,7,9). The van der Waals surface area contributed by atoms with E-state index < -0.39 is 0 Å². The summed E-state index contributed by atoms with van der Waals surface area (Å²) in [6.45, 7) is -0.175. The number of amides is 1. The molecule has 1 saturated heterocycles. The van der Waals surface area contributed by atoms with E-state index in [1.165, 1.54) is 0 Å². The van der Waals surface area contributed by atoms with Crippen molar-refractivity contribution in [2.45, 2.75) is 25.3 Å². The molecule has 0 aromatic carbocycles. The minimum absolute atomic E-state index is 0.0297. The lowest BCUT2D eigenvalue weighted by molar-refractivity contribution is -0.123. The van der Waals surface area contributed by atoms with Crippen molar-refractivity contribution in [3.8, 4) is 0 Å². The molecule has 1 aliphatic rings. The van der Waals surface area contributed by atoms with Crippen LogP contribution in [0.3, 0.4) is 0 Å². The van der Waals surface area contributed by atoms with Crippen molar-refractivity contribution >= 4 is 5.91 Å². The van der Waals surface area contributed by atoms with Crippen LogP contribution in [0.25, 0.3) is 0 Å². The summed E-state index contributed by atoms with van der Waals surface area (Å²) in [6.07, 6.45) is 2.32. The summed E-state index contributed by atoms with van der Waals surface area (Å²) in [5, 5.41) is 12.8. The quantitative estimate of drug-likeness (QED) is 0.534. The molecule has 0 spiro atoms. The Kier molecular flexibility index (Phi) is 2.05. The van der Waals surface area contributed by atoms with Crippen LogP contribution in [-0.4, -0.2) is 18.6 Å². The van der Waals surface area contributed by atoms with Crippen molar-refractivity contribution in [1.82, 2.24) is 5.32 Å². The molecule has 1 rings (SSSR count). The van der Waals surface area contributed by atoms with Gasteiger partial charge in [-0.15, -0.1) is 0 Å². The van der Waals surface area contributed by atoms with Gasteiger partial charge in [-0.2, -0.15) is 0 Å². The van der Waals surface area contributed by atoms with Gasteiger partial charge in [-0.25, -0.2) is 5.11 Å². The van der Waals surface area contributed by atoms with E-state index in [1.807, 2.05) is 0 Å². The van der Waals surface area contributed by atoms with Gasteiger partial charge in [0.25, 0.3) is 0 Å². The van der Waals surface area contributed by atoms with Gasteiger partial charge in [0.05, 0.1) is 6.04 Å². The topological polar surface area (TPSA) is 49.0 Å². The van der Waals surface area contributed by atoms with E-state index in [2.05, 4.69) is 5.32 Å². The summed E-state index contributed by atoms with van der Waals surface area (Å²) in [6, 6.07) is -0.0914. The Morgan fingerprint density at radius 1 is 1.67 bits per heavy atom. The molecule has 0 bridgehead atoms. The van der Waals surface area contributed by atoms with E-state index >= 15 is 0 Å². The highest BCUT2D eigenvalue weighted by atomic mass is 16.3. The van der Waals surface area contributed by atoms with Gasteiger partial charge in [0.1, 0.15) is 6.61 Å². The van der Waals surface area contributed by atoms with Crippen LogP contribution >= 0.6 is 0 Å². The van der Waals surface area contributed by atoms with Crippen LogP contribution in [0.5, 0.6) is 0 Å². The minimum atomic E-state index is -0.175. The number of hydrogen-bond donors (Lipinski definition) is 1. The maximum absolute atomic E-state index is 10.6. The summed E-state index contributed by atoms with van der Waals surface area (Å²) < 4.78 is 0. The maximum atomic E-state index is 10.6. The zero-order valence-corrected chi connectivity index (χ0v) is 5.22. The molecule has 3 heteroatoms. The summed E-state index contributed by atoms with van der Waals surface area (Å²) >= 11 is 0. The molecular formula is C6H10NO2. The molecule has 0 aromatic heterocycles. The smallest absolute Gasteiger partial charge is 0.220 e. The van der Waals surface area contributed by atoms with Crippen LogP contribution in [0, 0.1) is 0 Å². The number of carbonyl (C=O) groups excluding carboxylic acids is 1. The van der Waals surface area contributed by atoms with Crippen LogP contribution in [0.1, 0.15) is 19.3 Å². The molecule has 1 N–H and O–H groups in total. The molecule has 0 aliphatic carbocycles. The Bertz CT molecular complexity index is 114. The van der Waals surface area contributed by atoms with Crippen molar-refractivity contribution in [2.75, 3.05) is 6.61 Å². The Labute approximate surface area is 54.1 Å². The highest BCUT2D eigenvalue weighted by molar-refractivity contribution is 5.76. The molecule has 1 atom stereocenters. The first kappa shape index (κ1) is 6.55. The van der Waals surface area contributed by atoms with Gasteiger partial charge >= 0.3 is 0 Å². The van der Waals surface area contributed by atoms with E-state index in [4.69, 9.17) is 0 Å². The number of nitrogens with one attached hydrogen (secondary N) is 1. The zero-order valence-electron chi connectivity index (χ0n) is 5.22. The Hall–Kier alpha value is -0.570. The van der Waals surface area contributed by atoms with Crippen LogP contribution in [0.15, 0.2) is 0 Å². The first-order chi connectivity index (χ1) is 4.33. The molecule has 0 saturated carbocycles. The van der Waals surface area contributed by atoms with Gasteiger partial charge in [-0.3, -0.25) is 4.79 Å². The first-order valence-electron chi connectivity index (χ1n) is 3.20. The highest BCUT2D eigenvalue weighted by Crippen LogP contribution is 2.06. The fraction of sp³-hybridized carbons (Fsp3) is 0.833. The minimum Gasteiger partial charge on any atom is -0.351 e. The summed E-state index contributed by atoms with van der Waals surface area (Å²) in [5.41, 5.74) is 0. The van der Waals surface area contributed by atoms with Gasteiger partial charge in [0.15, 0.2) is 0 Å². The molecular weight excluding hydrogens is 118 g/mol. The molecule has 3 nitrogen and oxygen atoms in total. The van der Waals surface area contributed by atoms with Crippen LogP contribution in [0.4, 0.5) is 0 Å². The average molecular weight is 128 g/mol. The van der Waals surface area contributed by atoms with Crippen molar-refractivity contribution in [1.29, 1.82) is 0 Å². The van der Waals surface area contributed by atoms with Gasteiger partial charge in [0, 0.05) is 6.42 Å². The van der Waals surface area contributed by atoms with Crippen molar-refractivity contribution in [3.63, 3.8) is 0 Å². The number of rotatable bonds is 1. The SMILES string of the molecule is [O]CC1CCCC(=O)N1. The normalized spacial score (nSPS) is 27.7. The van der Waals surface area contributed by atoms with E-state index in [-0.39, 0.29) is 18.6 Å². The van der Waals surface area contributed by atoms with Crippen LogP contribution in [0.2, 0.25) is 0 Å². The van der Waals surface area contributed by atoms with Gasteiger partial charge in [-0.05, 0) is 12.8 Å². The molecule has 1 fully saturated rings. The first-order valence-corrected chi connectivity index (χ1v) is 3.20. The predicted octanol–water partition coefficient (Wildman–Crippen LogP) is 0.0856. The fourth-order valence-electron chi connectivity index (χ4n) is 1.01. The lowest BCUT2D eigenvalue weighted by Gasteiger charge is -2.19. The summed E-state index contributed by atoms with van der Waals surface area (Å²) in [4.78, 5) is 10.6. The maximum Gasteiger partial charge on any atom is 0.220 e. The van der Waals surface area contributed by atoms with Gasteiger partial charge < -0.3 is 5.32 Å². The largest absolute Gasteiger partial charge is 0.351 e. The number of piperidine rings is 1. The third-order valence-corrected chi connectivity index (χ3v) is 1.52. The fourth-order valence-corrected chi connectivity index (χ4v) is 1.01. The van der Waals surface area contributed by atoms with Crippen molar-refractivity contribution in [2.24, 2.45) is 0 Å². The van der Waals surface area contributed by atoms with Crippen molar-refractivity contribution in [3.05, 3.63) is 0 Å². The van der Waals surface area contributed by atoms with Crippen LogP contribution < -0.4 is 5.32 Å². The average Bonchev–Trinajstić information content (AvgIpc) is 1.88. The van der Waals surface area contributed by atoms with Crippen LogP contribution in [-0.2, 0) is 9.90 Å². The molecule has 0 aromatic rings. The molecule has 1 aliphatic heterocycles. The Morgan fingerprint density at radius 3 is 2.89 bits per heavy atom. The molecule has 1 heterocycles. The second-order valence-corrected chi connectivity index (χ2v) is 2.32. The lowest BCUT2D eigenvalue weighted by Crippen LogP contribution is -2.40.